The lowest BCUT2D eigenvalue weighted by Gasteiger charge is -2.17. The van der Waals surface area contributed by atoms with Crippen molar-refractivity contribution >= 4 is 22.1 Å². The number of hydrazine groups is 1. The number of carbonyl (C=O) groups is 2. The summed E-state index contributed by atoms with van der Waals surface area (Å²) in [6.07, 6.45) is 2.13. The van der Waals surface area contributed by atoms with Crippen LogP contribution in [-0.4, -0.2) is 48.1 Å². The Morgan fingerprint density at radius 3 is 2.63 bits per heavy atom. The summed E-state index contributed by atoms with van der Waals surface area (Å²) in [5.74, 6) is -0.164. The SMILES string of the molecule is O=C1OC2C=C(C(=O)N(O)NS(=O)(=O)c3ccc(Oc4cccnc4)cc3)CC2O1. The smallest absolute Gasteiger partial charge is 0.456 e. The lowest BCUT2D eigenvalue weighted by atomic mass is 10.2. The minimum Gasteiger partial charge on any atom is -0.456 e. The van der Waals surface area contributed by atoms with Gasteiger partial charge in [-0.25, -0.2) is 13.2 Å². The molecule has 2 N–H and O–H groups in total. The Bertz CT molecular complexity index is 1100. The van der Waals surface area contributed by atoms with Gasteiger partial charge in [0.25, 0.3) is 15.9 Å². The largest absolute Gasteiger partial charge is 0.509 e. The molecule has 1 aliphatic heterocycles. The number of fused-ring (bicyclic) bond motifs is 1. The number of hydrogen-bond acceptors (Lipinski definition) is 9. The van der Waals surface area contributed by atoms with Crippen LogP contribution in [0.3, 0.4) is 0 Å². The van der Waals surface area contributed by atoms with E-state index in [0.29, 0.717) is 11.5 Å². The van der Waals surface area contributed by atoms with Gasteiger partial charge in [-0.1, -0.05) is 4.83 Å². The maximum absolute atomic E-state index is 12.4. The zero-order valence-electron chi connectivity index (χ0n) is 15.2. The van der Waals surface area contributed by atoms with Crippen molar-refractivity contribution < 1.29 is 37.4 Å². The summed E-state index contributed by atoms with van der Waals surface area (Å²) in [6, 6.07) is 8.70. The number of nitrogens with one attached hydrogen (secondary N) is 1. The lowest BCUT2D eigenvalue weighted by molar-refractivity contribution is -0.167. The highest BCUT2D eigenvalue weighted by atomic mass is 32.2. The van der Waals surface area contributed by atoms with Crippen LogP contribution in [0.1, 0.15) is 6.42 Å². The Balaban J connectivity index is 1.40. The van der Waals surface area contributed by atoms with Gasteiger partial charge in [0.1, 0.15) is 11.5 Å². The van der Waals surface area contributed by atoms with E-state index in [4.69, 9.17) is 14.2 Å². The van der Waals surface area contributed by atoms with E-state index in [9.17, 15) is 23.2 Å². The van der Waals surface area contributed by atoms with Gasteiger partial charge in [0.05, 0.1) is 11.1 Å². The van der Waals surface area contributed by atoms with Gasteiger partial charge in [-0.05, 0) is 42.5 Å². The van der Waals surface area contributed by atoms with Gasteiger partial charge in [-0.15, -0.1) is 5.17 Å². The van der Waals surface area contributed by atoms with Gasteiger partial charge in [0, 0.05) is 18.2 Å². The fraction of sp³-hybridized carbons (Fsp3) is 0.167. The number of pyridine rings is 1. The monoisotopic (exact) mass is 433 g/mol. The fourth-order valence-electron chi connectivity index (χ4n) is 2.92. The number of amides is 1. The first kappa shape index (κ1) is 19.8. The molecule has 4 rings (SSSR count). The molecule has 156 valence electrons. The van der Waals surface area contributed by atoms with Gasteiger partial charge < -0.3 is 14.2 Å². The van der Waals surface area contributed by atoms with E-state index < -0.39 is 34.3 Å². The molecule has 2 aromatic rings. The molecule has 11 nitrogen and oxygen atoms in total. The predicted octanol–water partition coefficient (Wildman–Crippen LogP) is 1.52. The molecule has 1 aromatic heterocycles. The summed E-state index contributed by atoms with van der Waals surface area (Å²) in [5.41, 5.74) is 0.0444. The Kier molecular flexibility index (Phi) is 5.11. The van der Waals surface area contributed by atoms with Crippen LogP contribution in [0.15, 0.2) is 65.3 Å². The summed E-state index contributed by atoms with van der Waals surface area (Å²) in [7, 11) is -4.26. The molecule has 30 heavy (non-hydrogen) atoms. The molecule has 0 spiro atoms. The van der Waals surface area contributed by atoms with Crippen molar-refractivity contribution in [1.29, 1.82) is 0 Å². The normalized spacial score (nSPS) is 20.0. The summed E-state index contributed by atoms with van der Waals surface area (Å²) >= 11 is 0. The quantitative estimate of drug-likeness (QED) is 0.393. The molecule has 1 saturated heterocycles. The Morgan fingerprint density at radius 2 is 1.97 bits per heavy atom. The molecule has 0 bridgehead atoms. The number of hydrogen-bond donors (Lipinski definition) is 2. The molecule has 2 unspecified atom stereocenters. The number of ether oxygens (including phenoxy) is 3. The topological polar surface area (TPSA) is 144 Å². The Hall–Kier alpha value is -3.48. The van der Waals surface area contributed by atoms with Gasteiger partial charge in [-0.2, -0.15) is 0 Å². The van der Waals surface area contributed by atoms with Crippen LogP contribution < -0.4 is 9.57 Å². The number of rotatable bonds is 6. The first-order chi connectivity index (χ1) is 14.3. The summed E-state index contributed by atoms with van der Waals surface area (Å²) < 4.78 is 40.1. The highest BCUT2D eigenvalue weighted by Crippen LogP contribution is 2.30. The third kappa shape index (κ3) is 4.10. The van der Waals surface area contributed by atoms with Crippen molar-refractivity contribution in [3.63, 3.8) is 0 Å². The average Bonchev–Trinajstić information content (AvgIpc) is 3.25. The molecule has 1 aliphatic carbocycles. The van der Waals surface area contributed by atoms with Crippen molar-refractivity contribution in [3.05, 3.63) is 60.4 Å². The maximum atomic E-state index is 12.4. The first-order valence-corrected chi connectivity index (χ1v) is 10.1. The van der Waals surface area contributed by atoms with Gasteiger partial charge >= 0.3 is 6.16 Å². The minimum atomic E-state index is -4.26. The highest BCUT2D eigenvalue weighted by Gasteiger charge is 2.43. The molecule has 1 fully saturated rings. The van der Waals surface area contributed by atoms with E-state index in [0.717, 1.165) is 0 Å². The van der Waals surface area contributed by atoms with Crippen molar-refractivity contribution in [2.24, 2.45) is 0 Å². The second-order valence-corrected chi connectivity index (χ2v) is 8.02. The van der Waals surface area contributed by atoms with Crippen molar-refractivity contribution in [2.45, 2.75) is 23.5 Å². The standard InChI is InChI=1S/C18H15N3O8S/c22-17(11-8-15-16(9-11)29-18(23)28-15)21(24)20-30(25,26)14-5-3-12(4-6-14)27-13-2-1-7-19-10-13/h1-8,10,15-16,20,24H,9H2. The van der Waals surface area contributed by atoms with Gasteiger partial charge in [0.15, 0.2) is 12.2 Å². The Morgan fingerprint density at radius 1 is 1.20 bits per heavy atom. The van der Waals surface area contributed by atoms with Crippen LogP contribution in [0.25, 0.3) is 0 Å². The summed E-state index contributed by atoms with van der Waals surface area (Å²) in [5, 5.41) is 9.78. The third-order valence-corrected chi connectivity index (χ3v) is 5.62. The molecule has 0 radical (unpaired) electrons. The average molecular weight is 433 g/mol. The van der Waals surface area contributed by atoms with Crippen LogP contribution in [0.4, 0.5) is 4.79 Å². The molecule has 1 amide bonds. The van der Waals surface area contributed by atoms with Crippen molar-refractivity contribution in [3.8, 4) is 11.5 Å². The molecule has 2 aliphatic rings. The van der Waals surface area contributed by atoms with Crippen LogP contribution in [0, 0.1) is 0 Å². The molecular formula is C18H15N3O8S. The van der Waals surface area contributed by atoms with Crippen LogP contribution in [0.2, 0.25) is 0 Å². The predicted molar refractivity (Wildman–Crippen MR) is 97.5 cm³/mol. The molecule has 2 atom stereocenters. The number of benzene rings is 1. The summed E-state index contributed by atoms with van der Waals surface area (Å²) in [4.78, 5) is 28.8. The zero-order chi connectivity index (χ0) is 21.3. The summed E-state index contributed by atoms with van der Waals surface area (Å²) in [6.45, 7) is 0. The third-order valence-electron chi connectivity index (χ3n) is 4.31. The number of nitrogens with zero attached hydrogens (tertiary/aromatic N) is 2. The second-order valence-electron chi connectivity index (χ2n) is 6.36. The second kappa shape index (κ2) is 7.74. The highest BCUT2D eigenvalue weighted by molar-refractivity contribution is 7.89. The van der Waals surface area contributed by atoms with E-state index in [1.807, 2.05) is 0 Å². The van der Waals surface area contributed by atoms with E-state index in [-0.39, 0.29) is 22.1 Å². The molecule has 0 saturated carbocycles. The molecule has 12 heteroatoms. The minimum absolute atomic E-state index is 0.00555. The van der Waals surface area contributed by atoms with Gasteiger partial charge in [-0.3, -0.25) is 15.0 Å². The van der Waals surface area contributed by atoms with E-state index >= 15 is 0 Å². The number of carbonyl (C=O) groups excluding carboxylic acids is 2. The zero-order valence-corrected chi connectivity index (χ0v) is 16.0. The van der Waals surface area contributed by atoms with E-state index in [1.54, 1.807) is 23.2 Å². The van der Waals surface area contributed by atoms with Crippen LogP contribution in [-0.2, 0) is 24.3 Å². The fourth-order valence-corrected chi connectivity index (χ4v) is 3.83. The van der Waals surface area contributed by atoms with E-state index in [2.05, 4.69) is 4.98 Å². The number of aromatic nitrogens is 1. The lowest BCUT2D eigenvalue weighted by Crippen LogP contribution is -2.44. The first-order valence-electron chi connectivity index (χ1n) is 8.63. The number of hydroxylamine groups is 1. The molecule has 1 aromatic carbocycles. The maximum Gasteiger partial charge on any atom is 0.509 e. The number of sulfonamides is 1. The van der Waals surface area contributed by atoms with Crippen LogP contribution in [0.5, 0.6) is 11.5 Å². The Labute approximate surface area is 170 Å². The van der Waals surface area contributed by atoms with Crippen molar-refractivity contribution in [2.75, 3.05) is 0 Å². The van der Waals surface area contributed by atoms with Crippen LogP contribution >= 0.6 is 0 Å². The van der Waals surface area contributed by atoms with E-state index in [1.165, 1.54) is 36.5 Å². The van der Waals surface area contributed by atoms with Crippen molar-refractivity contribution in [1.82, 2.24) is 15.0 Å². The molecular weight excluding hydrogens is 418 g/mol. The molecule has 2 heterocycles. The van der Waals surface area contributed by atoms with Gasteiger partial charge in [0.2, 0.25) is 0 Å².